The number of hydrogen-bond acceptors (Lipinski definition) is 3. The lowest BCUT2D eigenvalue weighted by Crippen LogP contribution is -2.21. The third-order valence-corrected chi connectivity index (χ3v) is 4.31. The maximum atomic E-state index is 12.7. The van der Waals surface area contributed by atoms with Crippen molar-refractivity contribution in [1.29, 1.82) is 0 Å². The monoisotopic (exact) mass is 297 g/mol. The third-order valence-electron chi connectivity index (χ3n) is 4.31. The van der Waals surface area contributed by atoms with E-state index in [1.165, 1.54) is 11.1 Å². The number of hydrogen-bond donors (Lipinski definition) is 0. The Balaban J connectivity index is 2.42. The van der Waals surface area contributed by atoms with E-state index < -0.39 is 0 Å². The SMILES string of the molecule is CCCC(=O)C(c1ccc(C)c(C)c1)C1C=CCC(N=O)=C1. The Morgan fingerprint density at radius 3 is 2.73 bits per heavy atom. The maximum Gasteiger partial charge on any atom is 0.141 e. The molecule has 1 aliphatic rings. The minimum Gasteiger partial charge on any atom is -0.299 e. The smallest absolute Gasteiger partial charge is 0.141 e. The summed E-state index contributed by atoms with van der Waals surface area (Å²) in [6, 6.07) is 6.19. The van der Waals surface area contributed by atoms with E-state index in [4.69, 9.17) is 0 Å². The lowest BCUT2D eigenvalue weighted by Gasteiger charge is -2.24. The van der Waals surface area contributed by atoms with E-state index >= 15 is 0 Å². The average molecular weight is 297 g/mol. The predicted octanol–water partition coefficient (Wildman–Crippen LogP) is 4.98. The number of benzene rings is 1. The van der Waals surface area contributed by atoms with Crippen LogP contribution in [-0.2, 0) is 4.79 Å². The molecule has 1 aromatic rings. The fourth-order valence-electron chi connectivity index (χ4n) is 2.95. The molecule has 0 saturated heterocycles. The van der Waals surface area contributed by atoms with Gasteiger partial charge in [-0.05, 0) is 42.1 Å². The Hall–Kier alpha value is -2.03. The van der Waals surface area contributed by atoms with Crippen molar-refractivity contribution in [3.8, 4) is 0 Å². The maximum absolute atomic E-state index is 12.7. The van der Waals surface area contributed by atoms with Gasteiger partial charge in [-0.1, -0.05) is 43.4 Å². The van der Waals surface area contributed by atoms with Crippen LogP contribution in [0.15, 0.2) is 47.3 Å². The van der Waals surface area contributed by atoms with Gasteiger partial charge in [0.25, 0.3) is 0 Å². The van der Waals surface area contributed by atoms with Crippen LogP contribution in [0.4, 0.5) is 0 Å². The topological polar surface area (TPSA) is 46.5 Å². The molecule has 1 aromatic carbocycles. The standard InChI is InChI=1S/C19H23NO2/c1-4-6-18(21)19(15-7-5-8-17(12-15)20-22)16-10-9-13(2)14(3)11-16/h5,7,9-12,15,19H,4,6,8H2,1-3H3. The van der Waals surface area contributed by atoms with Crippen molar-refractivity contribution in [1.82, 2.24) is 0 Å². The quantitative estimate of drug-likeness (QED) is 0.549. The number of rotatable bonds is 6. The Labute approximate surface area is 132 Å². The molecule has 0 spiro atoms. The minimum absolute atomic E-state index is 0.0809. The molecular formula is C19H23NO2. The Kier molecular flexibility index (Phi) is 5.42. The van der Waals surface area contributed by atoms with Crippen molar-refractivity contribution < 1.29 is 4.79 Å². The van der Waals surface area contributed by atoms with Crippen molar-refractivity contribution in [3.63, 3.8) is 0 Å². The van der Waals surface area contributed by atoms with Gasteiger partial charge in [-0.15, -0.1) is 4.91 Å². The zero-order valence-corrected chi connectivity index (χ0v) is 13.5. The Morgan fingerprint density at radius 2 is 2.09 bits per heavy atom. The summed E-state index contributed by atoms with van der Waals surface area (Å²) in [5.41, 5.74) is 3.95. The van der Waals surface area contributed by atoms with E-state index in [-0.39, 0.29) is 17.6 Å². The number of ketones is 1. The fourth-order valence-corrected chi connectivity index (χ4v) is 2.95. The molecule has 116 valence electrons. The van der Waals surface area contributed by atoms with E-state index in [2.05, 4.69) is 31.2 Å². The average Bonchev–Trinajstić information content (AvgIpc) is 2.51. The fraction of sp³-hybridized carbons (Fsp3) is 0.421. The summed E-state index contributed by atoms with van der Waals surface area (Å²) in [6.45, 7) is 6.14. The van der Waals surface area contributed by atoms with Gasteiger partial charge < -0.3 is 0 Å². The van der Waals surface area contributed by atoms with E-state index in [1.54, 1.807) is 0 Å². The molecule has 0 aromatic heterocycles. The summed E-state index contributed by atoms with van der Waals surface area (Å²) < 4.78 is 0. The van der Waals surface area contributed by atoms with Gasteiger partial charge in [-0.25, -0.2) is 0 Å². The first-order valence-electron chi connectivity index (χ1n) is 7.87. The number of nitrogens with zero attached hydrogens (tertiary/aromatic N) is 1. The van der Waals surface area contributed by atoms with E-state index in [9.17, 15) is 9.70 Å². The van der Waals surface area contributed by atoms with Gasteiger partial charge in [-0.2, -0.15) is 0 Å². The number of Topliss-reactive ketones (excluding diaryl/α,β-unsaturated/α-hetero) is 1. The minimum atomic E-state index is -0.229. The predicted molar refractivity (Wildman–Crippen MR) is 89.7 cm³/mol. The lowest BCUT2D eigenvalue weighted by molar-refractivity contribution is -0.121. The molecule has 22 heavy (non-hydrogen) atoms. The number of allylic oxidation sites excluding steroid dienone is 3. The second-order valence-electron chi connectivity index (χ2n) is 6.00. The first kappa shape index (κ1) is 16.3. The second kappa shape index (κ2) is 7.30. The summed E-state index contributed by atoms with van der Waals surface area (Å²) in [5, 5.41) is 3.06. The van der Waals surface area contributed by atoms with Crippen LogP contribution in [0.1, 0.15) is 48.8 Å². The van der Waals surface area contributed by atoms with Gasteiger partial charge in [0, 0.05) is 18.8 Å². The van der Waals surface area contributed by atoms with E-state index in [0.29, 0.717) is 18.5 Å². The molecule has 0 bridgehead atoms. The largest absolute Gasteiger partial charge is 0.299 e. The normalized spacial score (nSPS) is 18.7. The van der Waals surface area contributed by atoms with Crippen LogP contribution in [0, 0.1) is 24.7 Å². The molecule has 0 aliphatic heterocycles. The van der Waals surface area contributed by atoms with Crippen molar-refractivity contribution in [3.05, 3.63) is 63.7 Å². The molecule has 2 unspecified atom stereocenters. The van der Waals surface area contributed by atoms with E-state index in [1.807, 2.05) is 31.2 Å². The van der Waals surface area contributed by atoms with Crippen LogP contribution in [0.5, 0.6) is 0 Å². The molecular weight excluding hydrogens is 274 g/mol. The third kappa shape index (κ3) is 3.59. The van der Waals surface area contributed by atoms with Crippen molar-refractivity contribution in [2.45, 2.75) is 46.0 Å². The highest BCUT2D eigenvalue weighted by Gasteiger charge is 2.28. The number of nitroso groups, excluding NO2 is 1. The summed E-state index contributed by atoms with van der Waals surface area (Å²) in [6.07, 6.45) is 7.76. The molecule has 0 radical (unpaired) electrons. The highest BCUT2D eigenvalue weighted by molar-refractivity contribution is 5.86. The number of carbonyl (C=O) groups excluding carboxylic acids is 1. The van der Waals surface area contributed by atoms with Crippen LogP contribution in [0.25, 0.3) is 0 Å². The first-order valence-corrected chi connectivity index (χ1v) is 7.87. The molecule has 0 N–H and O–H groups in total. The van der Waals surface area contributed by atoms with Gasteiger partial charge in [0.15, 0.2) is 0 Å². The highest BCUT2D eigenvalue weighted by Crippen LogP contribution is 2.34. The van der Waals surface area contributed by atoms with Gasteiger partial charge in [0.1, 0.15) is 5.78 Å². The summed E-state index contributed by atoms with van der Waals surface area (Å²) in [4.78, 5) is 23.5. The lowest BCUT2D eigenvalue weighted by atomic mass is 9.78. The number of carbonyl (C=O) groups is 1. The Morgan fingerprint density at radius 1 is 1.32 bits per heavy atom. The first-order chi connectivity index (χ1) is 10.6. The highest BCUT2D eigenvalue weighted by atomic mass is 16.3. The zero-order chi connectivity index (χ0) is 16.1. The summed E-state index contributed by atoms with van der Waals surface area (Å²) >= 11 is 0. The molecule has 0 fully saturated rings. The summed E-state index contributed by atoms with van der Waals surface area (Å²) in [5.74, 6) is -0.0843. The number of aryl methyl sites for hydroxylation is 2. The Bertz CT molecular complexity index is 628. The van der Waals surface area contributed by atoms with Gasteiger partial charge in [0.05, 0.1) is 11.6 Å². The van der Waals surface area contributed by atoms with Gasteiger partial charge >= 0.3 is 0 Å². The van der Waals surface area contributed by atoms with Crippen molar-refractivity contribution >= 4 is 5.78 Å². The molecule has 0 heterocycles. The van der Waals surface area contributed by atoms with Crippen LogP contribution in [0.2, 0.25) is 0 Å². The van der Waals surface area contributed by atoms with Gasteiger partial charge in [-0.3, -0.25) is 4.79 Å². The zero-order valence-electron chi connectivity index (χ0n) is 13.5. The van der Waals surface area contributed by atoms with Gasteiger partial charge in [0.2, 0.25) is 0 Å². The van der Waals surface area contributed by atoms with Crippen LogP contribution in [-0.4, -0.2) is 5.78 Å². The van der Waals surface area contributed by atoms with E-state index in [0.717, 1.165) is 12.0 Å². The summed E-state index contributed by atoms with van der Waals surface area (Å²) in [7, 11) is 0. The molecule has 2 rings (SSSR count). The van der Waals surface area contributed by atoms with Crippen molar-refractivity contribution in [2.24, 2.45) is 11.1 Å². The molecule has 1 aliphatic carbocycles. The van der Waals surface area contributed by atoms with Crippen molar-refractivity contribution in [2.75, 3.05) is 0 Å². The molecule has 2 atom stereocenters. The molecule has 0 saturated carbocycles. The second-order valence-corrected chi connectivity index (χ2v) is 6.00. The molecule has 3 nitrogen and oxygen atoms in total. The molecule has 0 amide bonds. The molecule has 3 heteroatoms. The van der Waals surface area contributed by atoms with Crippen LogP contribution < -0.4 is 0 Å². The van der Waals surface area contributed by atoms with Crippen LogP contribution in [0.3, 0.4) is 0 Å². The van der Waals surface area contributed by atoms with Crippen LogP contribution >= 0.6 is 0 Å².